The Hall–Kier alpha value is -1.61. The Balaban J connectivity index is 2.13. The number of hydrogen-bond donors (Lipinski definition) is 1. The summed E-state index contributed by atoms with van der Waals surface area (Å²) in [7, 11) is 0. The predicted molar refractivity (Wildman–Crippen MR) is 72.2 cm³/mol. The fraction of sp³-hybridized carbons (Fsp3) is 0.400. The largest absolute Gasteiger partial charge is 0.478 e. The van der Waals surface area contributed by atoms with E-state index in [1.807, 2.05) is 18.2 Å². The Bertz CT molecular complexity index is 450. The van der Waals surface area contributed by atoms with Crippen LogP contribution in [-0.4, -0.2) is 28.6 Å². The SMILES string of the molecule is CCN(Cc1ccccc1C=CC(=O)O)C1CC1. The number of aliphatic carboxylic acids is 1. The average molecular weight is 245 g/mol. The van der Waals surface area contributed by atoms with E-state index in [0.29, 0.717) is 0 Å². The van der Waals surface area contributed by atoms with Crippen LogP contribution in [0.2, 0.25) is 0 Å². The number of hydrogen-bond acceptors (Lipinski definition) is 2. The van der Waals surface area contributed by atoms with E-state index in [1.165, 1.54) is 24.5 Å². The number of carboxylic acids is 1. The van der Waals surface area contributed by atoms with Crippen molar-refractivity contribution in [2.75, 3.05) is 6.54 Å². The summed E-state index contributed by atoms with van der Waals surface area (Å²) in [5.74, 6) is -0.903. The Morgan fingerprint density at radius 3 is 2.78 bits per heavy atom. The van der Waals surface area contributed by atoms with Gasteiger partial charge in [0.15, 0.2) is 0 Å². The van der Waals surface area contributed by atoms with Crippen molar-refractivity contribution in [1.82, 2.24) is 4.90 Å². The molecule has 1 N–H and O–H groups in total. The maximum absolute atomic E-state index is 10.6. The van der Waals surface area contributed by atoms with Crippen molar-refractivity contribution in [2.24, 2.45) is 0 Å². The molecule has 0 spiro atoms. The highest BCUT2D eigenvalue weighted by Crippen LogP contribution is 2.28. The first-order valence-electron chi connectivity index (χ1n) is 6.43. The minimum Gasteiger partial charge on any atom is -0.478 e. The van der Waals surface area contributed by atoms with E-state index < -0.39 is 5.97 Å². The maximum atomic E-state index is 10.6. The van der Waals surface area contributed by atoms with E-state index in [2.05, 4.69) is 17.9 Å². The zero-order valence-electron chi connectivity index (χ0n) is 10.7. The van der Waals surface area contributed by atoms with Crippen LogP contribution in [0.15, 0.2) is 30.3 Å². The van der Waals surface area contributed by atoms with Gasteiger partial charge in [-0.2, -0.15) is 0 Å². The third-order valence-electron chi connectivity index (χ3n) is 3.30. The van der Waals surface area contributed by atoms with Crippen molar-refractivity contribution >= 4 is 12.0 Å². The molecule has 0 atom stereocenters. The molecule has 0 unspecified atom stereocenters. The van der Waals surface area contributed by atoms with Gasteiger partial charge in [-0.15, -0.1) is 0 Å². The van der Waals surface area contributed by atoms with Gasteiger partial charge in [0.25, 0.3) is 0 Å². The first-order valence-corrected chi connectivity index (χ1v) is 6.43. The van der Waals surface area contributed by atoms with Crippen molar-refractivity contribution < 1.29 is 9.90 Å². The lowest BCUT2D eigenvalue weighted by Crippen LogP contribution is -2.25. The van der Waals surface area contributed by atoms with Crippen LogP contribution in [0, 0.1) is 0 Å². The van der Waals surface area contributed by atoms with E-state index in [0.717, 1.165) is 24.7 Å². The molecule has 0 amide bonds. The number of carboxylic acid groups (broad SMARTS) is 1. The minimum atomic E-state index is -0.903. The third kappa shape index (κ3) is 3.44. The van der Waals surface area contributed by atoms with E-state index in [4.69, 9.17) is 5.11 Å². The highest BCUT2D eigenvalue weighted by molar-refractivity contribution is 5.85. The molecule has 0 bridgehead atoms. The Labute approximate surface area is 108 Å². The number of benzene rings is 1. The summed E-state index contributed by atoms with van der Waals surface area (Å²) in [4.78, 5) is 13.0. The second-order valence-corrected chi connectivity index (χ2v) is 4.66. The fourth-order valence-electron chi connectivity index (χ4n) is 2.16. The lowest BCUT2D eigenvalue weighted by atomic mass is 10.1. The Kier molecular flexibility index (Phi) is 4.15. The van der Waals surface area contributed by atoms with Gasteiger partial charge < -0.3 is 5.11 Å². The molecular formula is C15H19NO2. The zero-order valence-corrected chi connectivity index (χ0v) is 10.7. The molecule has 3 nitrogen and oxygen atoms in total. The van der Waals surface area contributed by atoms with Gasteiger partial charge in [0, 0.05) is 18.7 Å². The van der Waals surface area contributed by atoms with Crippen LogP contribution in [0.4, 0.5) is 0 Å². The molecule has 1 aliphatic rings. The molecule has 96 valence electrons. The fourth-order valence-corrected chi connectivity index (χ4v) is 2.16. The van der Waals surface area contributed by atoms with Crippen LogP contribution >= 0.6 is 0 Å². The van der Waals surface area contributed by atoms with Crippen molar-refractivity contribution in [3.63, 3.8) is 0 Å². The van der Waals surface area contributed by atoms with Crippen molar-refractivity contribution in [3.05, 3.63) is 41.5 Å². The standard InChI is InChI=1S/C15H19NO2/c1-2-16(14-8-9-14)11-13-6-4-3-5-12(13)7-10-15(17)18/h3-7,10,14H,2,8-9,11H2,1H3,(H,17,18). The summed E-state index contributed by atoms with van der Waals surface area (Å²) in [5, 5.41) is 8.69. The molecule has 1 saturated carbocycles. The van der Waals surface area contributed by atoms with Gasteiger partial charge in [0.1, 0.15) is 0 Å². The van der Waals surface area contributed by atoms with Gasteiger partial charge >= 0.3 is 5.97 Å². The van der Waals surface area contributed by atoms with Gasteiger partial charge in [0.05, 0.1) is 0 Å². The molecular weight excluding hydrogens is 226 g/mol. The molecule has 0 aromatic heterocycles. The quantitative estimate of drug-likeness (QED) is 0.783. The summed E-state index contributed by atoms with van der Waals surface area (Å²) in [6.07, 6.45) is 5.46. The van der Waals surface area contributed by atoms with Gasteiger partial charge in [-0.1, -0.05) is 31.2 Å². The lowest BCUT2D eigenvalue weighted by molar-refractivity contribution is -0.131. The summed E-state index contributed by atoms with van der Waals surface area (Å²) < 4.78 is 0. The van der Waals surface area contributed by atoms with Crippen molar-refractivity contribution in [2.45, 2.75) is 32.4 Å². The Morgan fingerprint density at radius 1 is 1.44 bits per heavy atom. The molecule has 0 radical (unpaired) electrons. The van der Waals surface area contributed by atoms with Crippen molar-refractivity contribution in [1.29, 1.82) is 0 Å². The molecule has 0 saturated heterocycles. The second-order valence-electron chi connectivity index (χ2n) is 4.66. The normalized spacial score (nSPS) is 15.4. The lowest BCUT2D eigenvalue weighted by Gasteiger charge is -2.20. The van der Waals surface area contributed by atoms with Gasteiger partial charge in [-0.05, 0) is 36.6 Å². The van der Waals surface area contributed by atoms with Crippen LogP contribution in [0.25, 0.3) is 6.08 Å². The molecule has 0 heterocycles. The van der Waals surface area contributed by atoms with Crippen LogP contribution < -0.4 is 0 Å². The molecule has 0 aliphatic heterocycles. The van der Waals surface area contributed by atoms with Gasteiger partial charge in [-0.25, -0.2) is 4.79 Å². The van der Waals surface area contributed by atoms with E-state index in [1.54, 1.807) is 6.08 Å². The first kappa shape index (κ1) is 12.8. The topological polar surface area (TPSA) is 40.5 Å². The summed E-state index contributed by atoms with van der Waals surface area (Å²) in [5.41, 5.74) is 2.20. The number of nitrogens with zero attached hydrogens (tertiary/aromatic N) is 1. The Morgan fingerprint density at radius 2 is 2.17 bits per heavy atom. The van der Waals surface area contributed by atoms with E-state index in [9.17, 15) is 4.79 Å². The van der Waals surface area contributed by atoms with Gasteiger partial charge in [0.2, 0.25) is 0 Å². The second kappa shape index (κ2) is 5.83. The van der Waals surface area contributed by atoms with Crippen LogP contribution in [0.3, 0.4) is 0 Å². The number of carbonyl (C=O) groups is 1. The summed E-state index contributed by atoms with van der Waals surface area (Å²) in [6, 6.07) is 8.72. The maximum Gasteiger partial charge on any atom is 0.328 e. The minimum absolute atomic E-state index is 0.728. The van der Waals surface area contributed by atoms with E-state index in [-0.39, 0.29) is 0 Å². The first-order chi connectivity index (χ1) is 8.70. The third-order valence-corrected chi connectivity index (χ3v) is 3.30. The van der Waals surface area contributed by atoms with Crippen molar-refractivity contribution in [3.8, 4) is 0 Å². The highest BCUT2D eigenvalue weighted by atomic mass is 16.4. The monoisotopic (exact) mass is 245 g/mol. The summed E-state index contributed by atoms with van der Waals surface area (Å²) >= 11 is 0. The molecule has 3 heteroatoms. The molecule has 18 heavy (non-hydrogen) atoms. The summed E-state index contributed by atoms with van der Waals surface area (Å²) in [6.45, 7) is 4.12. The van der Waals surface area contributed by atoms with Gasteiger partial charge in [-0.3, -0.25) is 4.90 Å². The smallest absolute Gasteiger partial charge is 0.328 e. The molecule has 1 aromatic rings. The average Bonchev–Trinajstić information content (AvgIpc) is 3.18. The van der Waals surface area contributed by atoms with E-state index >= 15 is 0 Å². The molecule has 1 aromatic carbocycles. The highest BCUT2D eigenvalue weighted by Gasteiger charge is 2.27. The number of rotatable bonds is 6. The van der Waals surface area contributed by atoms with Crippen LogP contribution in [-0.2, 0) is 11.3 Å². The van der Waals surface area contributed by atoms with Crippen LogP contribution in [0.1, 0.15) is 30.9 Å². The predicted octanol–water partition coefficient (Wildman–Crippen LogP) is 2.77. The molecule has 1 aliphatic carbocycles. The molecule has 2 rings (SSSR count). The molecule has 1 fully saturated rings. The van der Waals surface area contributed by atoms with Crippen LogP contribution in [0.5, 0.6) is 0 Å². The zero-order chi connectivity index (χ0) is 13.0.